The molecule has 1 aliphatic carbocycles. The van der Waals surface area contributed by atoms with Crippen LogP contribution in [0, 0.1) is 5.41 Å². The molecule has 0 aromatic carbocycles. The summed E-state index contributed by atoms with van der Waals surface area (Å²) >= 11 is 0. The van der Waals surface area contributed by atoms with Gasteiger partial charge in [0.2, 0.25) is 0 Å². The van der Waals surface area contributed by atoms with E-state index in [2.05, 4.69) is 0 Å². The number of Topliss-reactive ketones (excluding diaryl/α,β-unsaturated/α-hetero) is 1. The first-order valence-electron chi connectivity index (χ1n) is 8.24. The highest BCUT2D eigenvalue weighted by molar-refractivity contribution is 6.42. The minimum atomic E-state index is -0.469. The van der Waals surface area contributed by atoms with E-state index in [1.54, 1.807) is 34.8 Å². The number of aromatic nitrogens is 1. The number of carbonyl (C=O) groups excluding carboxylic acids is 2. The van der Waals surface area contributed by atoms with Crippen molar-refractivity contribution in [3.63, 3.8) is 0 Å². The Morgan fingerprint density at radius 1 is 1.39 bits per heavy atom. The Morgan fingerprint density at radius 3 is 2.61 bits per heavy atom. The minimum Gasteiger partial charge on any atom is -0.392 e. The van der Waals surface area contributed by atoms with Crippen molar-refractivity contribution in [2.75, 3.05) is 19.7 Å². The number of likely N-dealkylation sites (tertiary alicyclic amines) is 1. The van der Waals surface area contributed by atoms with Crippen LogP contribution in [0.3, 0.4) is 0 Å². The van der Waals surface area contributed by atoms with Crippen molar-refractivity contribution in [3.8, 4) is 0 Å². The molecular weight excluding hydrogens is 296 g/mol. The highest BCUT2D eigenvalue weighted by Gasteiger charge is 2.56. The largest absolute Gasteiger partial charge is 0.392 e. The van der Waals surface area contributed by atoms with Gasteiger partial charge in [0.05, 0.1) is 17.9 Å². The van der Waals surface area contributed by atoms with Crippen LogP contribution in [0.5, 0.6) is 0 Å². The average Bonchev–Trinajstić information content (AvgIpc) is 2.99. The van der Waals surface area contributed by atoms with Crippen molar-refractivity contribution in [2.24, 2.45) is 12.5 Å². The van der Waals surface area contributed by atoms with Crippen LogP contribution in [-0.4, -0.2) is 58.2 Å². The van der Waals surface area contributed by atoms with Gasteiger partial charge in [0.1, 0.15) is 0 Å². The van der Waals surface area contributed by atoms with E-state index in [4.69, 9.17) is 4.74 Å². The molecule has 2 fully saturated rings. The van der Waals surface area contributed by atoms with Crippen molar-refractivity contribution >= 4 is 11.7 Å². The number of carbonyl (C=O) groups is 2. The van der Waals surface area contributed by atoms with Gasteiger partial charge in [0, 0.05) is 44.8 Å². The zero-order valence-corrected chi connectivity index (χ0v) is 13.7. The highest BCUT2D eigenvalue weighted by Crippen LogP contribution is 2.50. The van der Waals surface area contributed by atoms with Gasteiger partial charge in [-0.3, -0.25) is 9.59 Å². The summed E-state index contributed by atoms with van der Waals surface area (Å²) in [5.74, 6) is -0.924. The molecule has 6 nitrogen and oxygen atoms in total. The third-order valence-corrected chi connectivity index (χ3v) is 5.46. The third-order valence-electron chi connectivity index (χ3n) is 5.46. The molecule has 1 aromatic rings. The molecule has 1 spiro atoms. The second kappa shape index (κ2) is 6.09. The summed E-state index contributed by atoms with van der Waals surface area (Å²) in [7, 11) is 1.75. The van der Waals surface area contributed by atoms with Gasteiger partial charge >= 0.3 is 0 Å². The van der Waals surface area contributed by atoms with E-state index in [-0.39, 0.29) is 17.6 Å². The standard InChI is InChI=1S/C17H24N2O4/c1-3-23-14-11-13(20)17(14)6-9-19(10-7-17)16(22)15(21)12-5-4-8-18(12)2/h4-5,8,13-14,20H,3,6-7,9-11H2,1-2H3/t13-,14+/m1/s1. The van der Waals surface area contributed by atoms with E-state index in [1.165, 1.54) is 0 Å². The summed E-state index contributed by atoms with van der Waals surface area (Å²) in [6, 6.07) is 3.41. The Labute approximate surface area is 136 Å². The van der Waals surface area contributed by atoms with Gasteiger partial charge in [-0.05, 0) is 31.9 Å². The first kappa shape index (κ1) is 16.2. The molecular formula is C17H24N2O4. The second-order valence-corrected chi connectivity index (χ2v) is 6.55. The van der Waals surface area contributed by atoms with Gasteiger partial charge in [-0.1, -0.05) is 0 Å². The lowest BCUT2D eigenvalue weighted by Gasteiger charge is -2.56. The lowest BCUT2D eigenvalue weighted by molar-refractivity contribution is -0.209. The van der Waals surface area contributed by atoms with Crippen LogP contribution >= 0.6 is 0 Å². The maximum atomic E-state index is 12.4. The smallest absolute Gasteiger partial charge is 0.296 e. The molecule has 2 atom stereocenters. The molecule has 126 valence electrons. The molecule has 1 saturated carbocycles. The molecule has 1 saturated heterocycles. The molecule has 0 unspecified atom stereocenters. The first-order chi connectivity index (χ1) is 11.0. The number of piperidine rings is 1. The summed E-state index contributed by atoms with van der Waals surface area (Å²) in [6.07, 6.45) is 3.51. The van der Waals surface area contributed by atoms with E-state index in [0.717, 1.165) is 0 Å². The molecule has 1 N–H and O–H groups in total. The lowest BCUT2D eigenvalue weighted by atomic mass is 9.58. The van der Waals surface area contributed by atoms with Crippen LogP contribution in [0.4, 0.5) is 0 Å². The SMILES string of the molecule is CCO[C@H]1C[C@@H](O)C12CCN(C(=O)C(=O)c1cccn1C)CC2. The number of aliphatic hydroxyl groups is 1. The van der Waals surface area contributed by atoms with Crippen molar-refractivity contribution in [1.29, 1.82) is 0 Å². The molecule has 0 radical (unpaired) electrons. The number of aliphatic hydroxyl groups excluding tert-OH is 1. The van der Waals surface area contributed by atoms with E-state index in [1.807, 2.05) is 6.92 Å². The topological polar surface area (TPSA) is 71.8 Å². The fraction of sp³-hybridized carbons (Fsp3) is 0.647. The second-order valence-electron chi connectivity index (χ2n) is 6.55. The molecule has 2 aliphatic rings. The molecule has 1 amide bonds. The molecule has 2 heterocycles. The van der Waals surface area contributed by atoms with Crippen LogP contribution < -0.4 is 0 Å². The number of amides is 1. The maximum absolute atomic E-state index is 12.4. The summed E-state index contributed by atoms with van der Waals surface area (Å²) in [4.78, 5) is 26.3. The first-order valence-corrected chi connectivity index (χ1v) is 8.24. The van der Waals surface area contributed by atoms with Gasteiger partial charge in [-0.2, -0.15) is 0 Å². The van der Waals surface area contributed by atoms with E-state index in [0.29, 0.717) is 44.7 Å². The van der Waals surface area contributed by atoms with Gasteiger partial charge in [0.25, 0.3) is 11.7 Å². The number of rotatable bonds is 4. The number of hydrogen-bond donors (Lipinski definition) is 1. The number of ether oxygens (including phenoxy) is 1. The van der Waals surface area contributed by atoms with Gasteiger partial charge < -0.3 is 19.3 Å². The predicted octanol–water partition coefficient (Wildman–Crippen LogP) is 0.986. The highest BCUT2D eigenvalue weighted by atomic mass is 16.5. The molecule has 23 heavy (non-hydrogen) atoms. The van der Waals surface area contributed by atoms with E-state index >= 15 is 0 Å². The lowest BCUT2D eigenvalue weighted by Crippen LogP contribution is -2.63. The Balaban J connectivity index is 1.64. The summed E-state index contributed by atoms with van der Waals surface area (Å²) in [5.41, 5.74) is 0.173. The molecule has 1 aromatic heterocycles. The quantitative estimate of drug-likeness (QED) is 0.663. The molecule has 3 rings (SSSR count). The number of nitrogens with zero attached hydrogens (tertiary/aromatic N) is 2. The molecule has 1 aliphatic heterocycles. The predicted molar refractivity (Wildman–Crippen MR) is 84.0 cm³/mol. The number of aryl methyl sites for hydroxylation is 1. The van der Waals surface area contributed by atoms with Gasteiger partial charge in [0.15, 0.2) is 0 Å². The maximum Gasteiger partial charge on any atom is 0.296 e. The summed E-state index contributed by atoms with van der Waals surface area (Å²) in [5, 5.41) is 10.2. The van der Waals surface area contributed by atoms with Crippen molar-refractivity contribution < 1.29 is 19.4 Å². The van der Waals surface area contributed by atoms with Crippen LogP contribution in [0.2, 0.25) is 0 Å². The average molecular weight is 320 g/mol. The van der Waals surface area contributed by atoms with Crippen molar-refractivity contribution in [1.82, 2.24) is 9.47 Å². The van der Waals surface area contributed by atoms with Crippen molar-refractivity contribution in [2.45, 2.75) is 38.4 Å². The Morgan fingerprint density at radius 2 is 2.09 bits per heavy atom. The third kappa shape index (κ3) is 2.60. The van der Waals surface area contributed by atoms with E-state index in [9.17, 15) is 14.7 Å². The molecule has 0 bridgehead atoms. The Hall–Kier alpha value is -1.66. The Kier molecular flexibility index (Phi) is 4.29. The number of hydrogen-bond acceptors (Lipinski definition) is 4. The fourth-order valence-electron chi connectivity index (χ4n) is 3.89. The number of ketones is 1. The van der Waals surface area contributed by atoms with Gasteiger partial charge in [-0.15, -0.1) is 0 Å². The summed E-state index contributed by atoms with van der Waals surface area (Å²) < 4.78 is 7.38. The minimum absolute atomic E-state index is 0.0725. The normalized spacial score (nSPS) is 26.1. The van der Waals surface area contributed by atoms with Crippen LogP contribution in [0.15, 0.2) is 18.3 Å². The summed E-state index contributed by atoms with van der Waals surface area (Å²) in [6.45, 7) is 3.58. The van der Waals surface area contributed by atoms with Gasteiger partial charge in [-0.25, -0.2) is 0 Å². The van der Waals surface area contributed by atoms with Crippen molar-refractivity contribution in [3.05, 3.63) is 24.0 Å². The van der Waals surface area contributed by atoms with E-state index < -0.39 is 11.7 Å². The zero-order valence-electron chi connectivity index (χ0n) is 13.7. The van der Waals surface area contributed by atoms with Crippen LogP contribution in [0.25, 0.3) is 0 Å². The molecule has 6 heteroatoms. The van der Waals surface area contributed by atoms with Crippen LogP contribution in [0.1, 0.15) is 36.7 Å². The fourth-order valence-corrected chi connectivity index (χ4v) is 3.89. The Bertz CT molecular complexity index is 599. The monoisotopic (exact) mass is 320 g/mol. The van der Waals surface area contributed by atoms with Crippen LogP contribution in [-0.2, 0) is 16.6 Å². The zero-order chi connectivity index (χ0) is 16.6.